The van der Waals surface area contributed by atoms with Crippen LogP contribution in [0, 0.1) is 5.92 Å². The summed E-state index contributed by atoms with van der Waals surface area (Å²) >= 11 is 0. The van der Waals surface area contributed by atoms with Crippen molar-refractivity contribution in [2.45, 2.75) is 59.0 Å². The first kappa shape index (κ1) is 16.4. The first-order valence-electron chi connectivity index (χ1n) is 7.79. The third-order valence-electron chi connectivity index (χ3n) is 3.82. The number of hydrogen-bond donors (Lipinski definition) is 2. The van der Waals surface area contributed by atoms with Crippen molar-refractivity contribution in [2.75, 3.05) is 26.2 Å². The van der Waals surface area contributed by atoms with Gasteiger partial charge in [0.2, 0.25) is 5.91 Å². The Hall–Kier alpha value is -0.610. The van der Waals surface area contributed by atoms with Crippen LogP contribution in [0.4, 0.5) is 0 Å². The van der Waals surface area contributed by atoms with Crippen LogP contribution >= 0.6 is 0 Å². The lowest BCUT2D eigenvalue weighted by molar-refractivity contribution is -0.126. The molecular formula is C15H31N3O. The third kappa shape index (κ3) is 5.91. The van der Waals surface area contributed by atoms with E-state index in [-0.39, 0.29) is 18.0 Å². The molecule has 1 rings (SSSR count). The Labute approximate surface area is 118 Å². The van der Waals surface area contributed by atoms with E-state index in [1.807, 2.05) is 20.8 Å². The molecule has 0 aromatic heterocycles. The number of piperidine rings is 1. The largest absolute Gasteiger partial charge is 0.353 e. The second-order valence-electron chi connectivity index (χ2n) is 6.03. The van der Waals surface area contributed by atoms with Gasteiger partial charge in [-0.3, -0.25) is 9.69 Å². The van der Waals surface area contributed by atoms with Crippen molar-refractivity contribution in [2.24, 2.45) is 5.92 Å². The number of carbonyl (C=O) groups is 1. The van der Waals surface area contributed by atoms with Gasteiger partial charge in [-0.2, -0.15) is 0 Å². The van der Waals surface area contributed by atoms with Gasteiger partial charge in [0.15, 0.2) is 0 Å². The van der Waals surface area contributed by atoms with Crippen LogP contribution in [-0.2, 0) is 4.79 Å². The van der Waals surface area contributed by atoms with E-state index in [9.17, 15) is 4.79 Å². The van der Waals surface area contributed by atoms with Gasteiger partial charge in [-0.1, -0.05) is 6.92 Å². The Morgan fingerprint density at radius 3 is 2.47 bits per heavy atom. The van der Waals surface area contributed by atoms with Gasteiger partial charge >= 0.3 is 0 Å². The van der Waals surface area contributed by atoms with Gasteiger partial charge in [0, 0.05) is 12.6 Å². The van der Waals surface area contributed by atoms with Crippen molar-refractivity contribution in [1.29, 1.82) is 0 Å². The van der Waals surface area contributed by atoms with Gasteiger partial charge in [-0.15, -0.1) is 0 Å². The van der Waals surface area contributed by atoms with E-state index in [2.05, 4.69) is 22.5 Å². The van der Waals surface area contributed by atoms with Crippen LogP contribution < -0.4 is 10.6 Å². The standard InChI is InChI=1S/C15H31N3O/c1-5-10-18(11-14-6-8-16-9-7-14)13(4)15(19)17-12(2)3/h12-14,16H,5-11H2,1-4H3,(H,17,19). The fraction of sp³-hybridized carbons (Fsp3) is 0.933. The minimum atomic E-state index is -0.0164. The second-order valence-corrected chi connectivity index (χ2v) is 6.03. The molecule has 0 aliphatic carbocycles. The monoisotopic (exact) mass is 269 g/mol. The highest BCUT2D eigenvalue weighted by Gasteiger charge is 2.24. The molecule has 1 unspecified atom stereocenters. The zero-order valence-electron chi connectivity index (χ0n) is 13.0. The lowest BCUT2D eigenvalue weighted by Crippen LogP contribution is -2.49. The Morgan fingerprint density at radius 1 is 1.32 bits per heavy atom. The molecule has 4 nitrogen and oxygen atoms in total. The number of rotatable bonds is 7. The topological polar surface area (TPSA) is 44.4 Å². The highest BCUT2D eigenvalue weighted by Crippen LogP contribution is 2.15. The summed E-state index contributed by atoms with van der Waals surface area (Å²) in [5.41, 5.74) is 0. The molecule has 2 N–H and O–H groups in total. The van der Waals surface area contributed by atoms with Gasteiger partial charge in [0.05, 0.1) is 6.04 Å². The van der Waals surface area contributed by atoms with E-state index in [0.717, 1.165) is 38.5 Å². The second kappa shape index (κ2) is 8.54. The fourth-order valence-electron chi connectivity index (χ4n) is 2.70. The van der Waals surface area contributed by atoms with Gasteiger partial charge in [0.25, 0.3) is 0 Å². The number of amides is 1. The number of carbonyl (C=O) groups excluding carboxylic acids is 1. The number of hydrogen-bond acceptors (Lipinski definition) is 3. The summed E-state index contributed by atoms with van der Waals surface area (Å²) in [7, 11) is 0. The van der Waals surface area contributed by atoms with Crippen LogP contribution in [0.3, 0.4) is 0 Å². The van der Waals surface area contributed by atoms with Crippen molar-refractivity contribution in [3.8, 4) is 0 Å². The maximum absolute atomic E-state index is 12.1. The van der Waals surface area contributed by atoms with E-state index in [4.69, 9.17) is 0 Å². The molecule has 1 aliphatic rings. The normalized spacial score (nSPS) is 18.8. The molecule has 0 aromatic rings. The molecule has 4 heteroatoms. The zero-order valence-corrected chi connectivity index (χ0v) is 13.0. The first-order valence-corrected chi connectivity index (χ1v) is 7.79. The number of nitrogens with zero attached hydrogens (tertiary/aromatic N) is 1. The minimum Gasteiger partial charge on any atom is -0.353 e. The van der Waals surface area contributed by atoms with E-state index >= 15 is 0 Å². The summed E-state index contributed by atoms with van der Waals surface area (Å²) in [5.74, 6) is 0.902. The molecule has 0 aromatic carbocycles. The van der Waals surface area contributed by atoms with E-state index in [0.29, 0.717) is 0 Å². The van der Waals surface area contributed by atoms with E-state index in [1.165, 1.54) is 12.8 Å². The van der Waals surface area contributed by atoms with Crippen molar-refractivity contribution in [3.63, 3.8) is 0 Å². The SMILES string of the molecule is CCCN(CC1CCNCC1)C(C)C(=O)NC(C)C. The molecule has 1 fully saturated rings. The fourth-order valence-corrected chi connectivity index (χ4v) is 2.70. The van der Waals surface area contributed by atoms with Gasteiger partial charge in [-0.25, -0.2) is 0 Å². The molecular weight excluding hydrogens is 238 g/mol. The Bertz CT molecular complexity index is 262. The first-order chi connectivity index (χ1) is 9.04. The predicted octanol–water partition coefficient (Wildman–Crippen LogP) is 1.61. The van der Waals surface area contributed by atoms with Crippen LogP contribution in [0.1, 0.15) is 47.0 Å². The minimum absolute atomic E-state index is 0.0164. The summed E-state index contributed by atoms with van der Waals surface area (Å²) in [6.07, 6.45) is 3.57. The lowest BCUT2D eigenvalue weighted by atomic mass is 9.96. The Morgan fingerprint density at radius 2 is 1.95 bits per heavy atom. The molecule has 112 valence electrons. The van der Waals surface area contributed by atoms with Gasteiger partial charge < -0.3 is 10.6 Å². The highest BCUT2D eigenvalue weighted by atomic mass is 16.2. The van der Waals surface area contributed by atoms with Crippen LogP contribution in [0.25, 0.3) is 0 Å². The maximum Gasteiger partial charge on any atom is 0.237 e. The van der Waals surface area contributed by atoms with Crippen LogP contribution in [0.2, 0.25) is 0 Å². The molecule has 1 atom stereocenters. The van der Waals surface area contributed by atoms with E-state index in [1.54, 1.807) is 0 Å². The average molecular weight is 269 g/mol. The summed E-state index contributed by atoms with van der Waals surface area (Å²) in [6.45, 7) is 12.6. The third-order valence-corrected chi connectivity index (χ3v) is 3.82. The zero-order chi connectivity index (χ0) is 14.3. The Balaban J connectivity index is 2.51. The molecule has 0 spiro atoms. The van der Waals surface area contributed by atoms with Crippen molar-refractivity contribution >= 4 is 5.91 Å². The molecule has 19 heavy (non-hydrogen) atoms. The molecule has 0 saturated carbocycles. The van der Waals surface area contributed by atoms with Crippen LogP contribution in [-0.4, -0.2) is 49.1 Å². The Kier molecular flexibility index (Phi) is 7.39. The van der Waals surface area contributed by atoms with Crippen LogP contribution in [0.5, 0.6) is 0 Å². The molecule has 1 saturated heterocycles. The smallest absolute Gasteiger partial charge is 0.237 e. The van der Waals surface area contributed by atoms with Crippen molar-refractivity contribution < 1.29 is 4.79 Å². The maximum atomic E-state index is 12.1. The quantitative estimate of drug-likeness (QED) is 0.738. The van der Waals surface area contributed by atoms with Crippen molar-refractivity contribution in [3.05, 3.63) is 0 Å². The molecule has 1 aliphatic heterocycles. The molecule has 1 amide bonds. The summed E-state index contributed by atoms with van der Waals surface area (Å²) in [4.78, 5) is 14.5. The molecule has 1 heterocycles. The summed E-state index contributed by atoms with van der Waals surface area (Å²) in [6, 6.07) is 0.203. The highest BCUT2D eigenvalue weighted by molar-refractivity contribution is 5.81. The van der Waals surface area contributed by atoms with Gasteiger partial charge in [0.1, 0.15) is 0 Å². The van der Waals surface area contributed by atoms with E-state index < -0.39 is 0 Å². The van der Waals surface area contributed by atoms with Crippen molar-refractivity contribution in [1.82, 2.24) is 15.5 Å². The predicted molar refractivity (Wildman–Crippen MR) is 80.2 cm³/mol. The summed E-state index contributed by atoms with van der Waals surface area (Å²) < 4.78 is 0. The summed E-state index contributed by atoms with van der Waals surface area (Å²) in [5, 5.41) is 6.43. The molecule has 0 bridgehead atoms. The molecule has 0 radical (unpaired) electrons. The average Bonchev–Trinajstić information content (AvgIpc) is 2.38. The number of nitrogens with one attached hydrogen (secondary N) is 2. The van der Waals surface area contributed by atoms with Crippen LogP contribution in [0.15, 0.2) is 0 Å². The van der Waals surface area contributed by atoms with Gasteiger partial charge in [-0.05, 0) is 65.6 Å². The lowest BCUT2D eigenvalue weighted by Gasteiger charge is -2.33.